The Labute approximate surface area is 367 Å². The Hall–Kier alpha value is -8.20. The van der Waals surface area contributed by atoms with Crippen molar-refractivity contribution in [3.8, 4) is 44.5 Å². The van der Waals surface area contributed by atoms with Crippen LogP contribution in [0.15, 0.2) is 253 Å². The van der Waals surface area contributed by atoms with Gasteiger partial charge in [0.15, 0.2) is 0 Å². The molecule has 0 radical (unpaired) electrons. The minimum absolute atomic E-state index is 0.542. The van der Waals surface area contributed by atoms with E-state index in [1.165, 1.54) is 44.5 Å². The van der Waals surface area contributed by atoms with Crippen molar-refractivity contribution >= 4 is 39.0 Å². The van der Waals surface area contributed by atoms with Crippen molar-refractivity contribution in [2.75, 3.05) is 4.90 Å². The van der Waals surface area contributed by atoms with Crippen LogP contribution < -0.4 is 4.90 Å². The summed E-state index contributed by atoms with van der Waals surface area (Å²) in [6.07, 6.45) is 0. The van der Waals surface area contributed by atoms with Gasteiger partial charge in [-0.1, -0.05) is 212 Å². The van der Waals surface area contributed by atoms with Crippen molar-refractivity contribution in [2.45, 2.75) is 5.41 Å². The zero-order valence-corrected chi connectivity index (χ0v) is 34.5. The van der Waals surface area contributed by atoms with Crippen LogP contribution in [0.5, 0.6) is 0 Å². The average molecular weight is 804 g/mol. The highest BCUT2D eigenvalue weighted by Crippen LogP contribution is 2.60. The Morgan fingerprint density at radius 3 is 1.60 bits per heavy atom. The predicted octanol–water partition coefficient (Wildman–Crippen LogP) is 16.4. The Bertz CT molecular complexity index is 3400. The molecule has 0 unspecified atom stereocenters. The van der Waals surface area contributed by atoms with Crippen LogP contribution in [0.2, 0.25) is 0 Å². The summed E-state index contributed by atoms with van der Waals surface area (Å²) in [5.74, 6) is 0. The molecule has 0 amide bonds. The molecular formula is C61H41NO. The predicted molar refractivity (Wildman–Crippen MR) is 262 cm³/mol. The van der Waals surface area contributed by atoms with Gasteiger partial charge in [0.2, 0.25) is 0 Å². The Kier molecular flexibility index (Phi) is 8.76. The minimum Gasteiger partial charge on any atom is -0.456 e. The summed E-state index contributed by atoms with van der Waals surface area (Å²) >= 11 is 0. The average Bonchev–Trinajstić information content (AvgIpc) is 3.90. The number of fused-ring (bicyclic) bond motifs is 6. The van der Waals surface area contributed by atoms with Crippen molar-refractivity contribution in [3.05, 3.63) is 271 Å². The van der Waals surface area contributed by atoms with Gasteiger partial charge in [-0.15, -0.1) is 0 Å². The number of para-hydroxylation sites is 2. The molecule has 1 heterocycles. The largest absolute Gasteiger partial charge is 0.456 e. The van der Waals surface area contributed by atoms with Gasteiger partial charge in [-0.05, 0) is 92.0 Å². The molecule has 0 spiro atoms. The molecule has 0 bridgehead atoms. The second kappa shape index (κ2) is 15.1. The first-order valence-electron chi connectivity index (χ1n) is 21.7. The number of furan rings is 1. The van der Waals surface area contributed by atoms with E-state index in [-0.39, 0.29) is 0 Å². The fourth-order valence-electron chi connectivity index (χ4n) is 10.3. The first-order chi connectivity index (χ1) is 31.3. The monoisotopic (exact) mass is 803 g/mol. The molecule has 0 fully saturated rings. The van der Waals surface area contributed by atoms with E-state index in [9.17, 15) is 0 Å². The number of hydrogen-bond acceptors (Lipinski definition) is 2. The van der Waals surface area contributed by atoms with E-state index in [1.807, 2.05) is 6.07 Å². The second-order valence-electron chi connectivity index (χ2n) is 16.4. The molecule has 296 valence electrons. The van der Waals surface area contributed by atoms with E-state index in [1.54, 1.807) is 0 Å². The van der Waals surface area contributed by atoms with E-state index in [4.69, 9.17) is 4.42 Å². The number of hydrogen-bond donors (Lipinski definition) is 0. The Morgan fingerprint density at radius 1 is 0.333 bits per heavy atom. The van der Waals surface area contributed by atoms with Crippen LogP contribution in [0.25, 0.3) is 66.4 Å². The molecule has 0 saturated carbocycles. The van der Waals surface area contributed by atoms with Crippen LogP contribution in [-0.4, -0.2) is 0 Å². The molecule has 0 saturated heterocycles. The van der Waals surface area contributed by atoms with Crippen LogP contribution in [-0.2, 0) is 5.41 Å². The summed E-state index contributed by atoms with van der Waals surface area (Å²) in [6, 6.07) is 90.3. The van der Waals surface area contributed by atoms with Crippen LogP contribution in [0.4, 0.5) is 17.1 Å². The van der Waals surface area contributed by atoms with Gasteiger partial charge in [-0.2, -0.15) is 0 Å². The Morgan fingerprint density at radius 2 is 0.841 bits per heavy atom. The molecule has 1 aromatic heterocycles. The highest BCUT2D eigenvalue weighted by atomic mass is 16.3. The van der Waals surface area contributed by atoms with E-state index in [0.717, 1.165) is 61.3 Å². The lowest BCUT2D eigenvalue weighted by Crippen LogP contribution is -2.28. The molecule has 0 atom stereocenters. The molecule has 2 nitrogen and oxygen atoms in total. The third-order valence-corrected chi connectivity index (χ3v) is 13.0. The van der Waals surface area contributed by atoms with Gasteiger partial charge in [0.25, 0.3) is 0 Å². The SMILES string of the molecule is c1ccc(-c2ccc(-c3cccc(N(c4ccccc4-c4cccc5oc6ccccc6c45)c4cccc5c4-c4ccccc4C5(c4ccccc4)c4ccccc4)c3)cc2)cc1. The maximum absolute atomic E-state index is 6.48. The first kappa shape index (κ1) is 36.6. The van der Waals surface area contributed by atoms with E-state index in [0.29, 0.717) is 0 Å². The van der Waals surface area contributed by atoms with Gasteiger partial charge in [0, 0.05) is 27.6 Å². The fourth-order valence-corrected chi connectivity index (χ4v) is 10.3. The molecule has 63 heavy (non-hydrogen) atoms. The molecule has 10 aromatic carbocycles. The highest BCUT2D eigenvalue weighted by molar-refractivity contribution is 6.14. The fraction of sp³-hybridized carbons (Fsp3) is 0.0164. The lowest BCUT2D eigenvalue weighted by Gasteiger charge is -2.34. The quantitative estimate of drug-likeness (QED) is 0.152. The van der Waals surface area contributed by atoms with Crippen LogP contribution in [0.3, 0.4) is 0 Å². The lowest BCUT2D eigenvalue weighted by molar-refractivity contribution is 0.669. The van der Waals surface area contributed by atoms with E-state index < -0.39 is 5.41 Å². The normalized spacial score (nSPS) is 12.6. The first-order valence-corrected chi connectivity index (χ1v) is 21.7. The molecule has 2 heteroatoms. The zero-order valence-electron chi connectivity index (χ0n) is 34.5. The van der Waals surface area contributed by atoms with Crippen molar-refractivity contribution in [3.63, 3.8) is 0 Å². The summed E-state index contributed by atoms with van der Waals surface area (Å²) < 4.78 is 6.48. The summed E-state index contributed by atoms with van der Waals surface area (Å²) in [5.41, 5.74) is 18.9. The molecule has 0 N–H and O–H groups in total. The zero-order chi connectivity index (χ0) is 41.7. The number of anilines is 3. The third kappa shape index (κ3) is 5.87. The van der Waals surface area contributed by atoms with Crippen LogP contribution >= 0.6 is 0 Å². The van der Waals surface area contributed by atoms with Crippen molar-refractivity contribution in [1.82, 2.24) is 0 Å². The molecule has 1 aliphatic carbocycles. The smallest absolute Gasteiger partial charge is 0.136 e. The van der Waals surface area contributed by atoms with Gasteiger partial charge >= 0.3 is 0 Å². The maximum Gasteiger partial charge on any atom is 0.136 e. The van der Waals surface area contributed by atoms with Gasteiger partial charge in [0.1, 0.15) is 11.2 Å². The molecule has 0 aliphatic heterocycles. The van der Waals surface area contributed by atoms with Gasteiger partial charge in [-0.3, -0.25) is 0 Å². The van der Waals surface area contributed by atoms with Crippen molar-refractivity contribution in [1.29, 1.82) is 0 Å². The number of nitrogens with zero attached hydrogens (tertiary/aromatic N) is 1. The Balaban J connectivity index is 1.13. The highest BCUT2D eigenvalue weighted by Gasteiger charge is 2.47. The lowest BCUT2D eigenvalue weighted by atomic mass is 9.68. The van der Waals surface area contributed by atoms with Crippen LogP contribution in [0, 0.1) is 0 Å². The standard InChI is InChI=1S/C61H41NO/c1-4-19-42(20-5-1)43-37-39-44(40-38-43)45-21-16-26-48(41-45)62(55-33-14-11-27-49(55)50-30-17-36-58-59(50)52-29-12-15-35-57(52)63-58)56-34-18-32-54-60(56)51-28-10-13-31-53(51)61(54,46-22-6-2-7-23-46)47-24-8-3-9-25-47/h1-41H. The molecule has 12 rings (SSSR count). The van der Waals surface area contributed by atoms with Gasteiger partial charge in [0.05, 0.1) is 16.8 Å². The molecule has 1 aliphatic rings. The van der Waals surface area contributed by atoms with Crippen LogP contribution in [0.1, 0.15) is 22.3 Å². The summed E-state index contributed by atoms with van der Waals surface area (Å²) in [4.78, 5) is 2.50. The van der Waals surface area contributed by atoms with Gasteiger partial charge < -0.3 is 9.32 Å². The van der Waals surface area contributed by atoms with Crippen molar-refractivity contribution in [2.24, 2.45) is 0 Å². The van der Waals surface area contributed by atoms with Gasteiger partial charge in [-0.25, -0.2) is 0 Å². The number of benzene rings is 10. The van der Waals surface area contributed by atoms with E-state index >= 15 is 0 Å². The maximum atomic E-state index is 6.48. The van der Waals surface area contributed by atoms with Crippen molar-refractivity contribution < 1.29 is 4.42 Å². The number of rotatable bonds is 8. The molecule has 11 aromatic rings. The third-order valence-electron chi connectivity index (χ3n) is 13.0. The minimum atomic E-state index is -0.542. The molecular weight excluding hydrogens is 763 g/mol. The summed E-state index contributed by atoms with van der Waals surface area (Å²) in [6.45, 7) is 0. The topological polar surface area (TPSA) is 16.4 Å². The second-order valence-corrected chi connectivity index (χ2v) is 16.4. The summed E-state index contributed by atoms with van der Waals surface area (Å²) in [5, 5.41) is 2.22. The summed E-state index contributed by atoms with van der Waals surface area (Å²) in [7, 11) is 0. The van der Waals surface area contributed by atoms with E-state index in [2.05, 4.69) is 248 Å².